The van der Waals surface area contributed by atoms with Crippen LogP contribution in [-0.2, 0) is 20.8 Å². The number of carbonyl (C=O) groups is 3. The summed E-state index contributed by atoms with van der Waals surface area (Å²) in [5.41, 5.74) is 1.03. The number of nitrogens with zero attached hydrogens (tertiary/aromatic N) is 2. The first-order chi connectivity index (χ1) is 11.0. The van der Waals surface area contributed by atoms with Gasteiger partial charge in [-0.05, 0) is 28.8 Å². The van der Waals surface area contributed by atoms with Crippen LogP contribution in [0.4, 0.5) is 0 Å². The van der Waals surface area contributed by atoms with Gasteiger partial charge >= 0.3 is 0 Å². The Bertz CT molecular complexity index is 616. The molecule has 2 saturated heterocycles. The molecule has 1 aromatic heterocycles. The lowest BCUT2D eigenvalue weighted by Gasteiger charge is -2.28. The number of carbonyl (C=O) groups excluding carboxylic acids is 3. The molecule has 2 aliphatic rings. The Hall–Kier alpha value is -1.89. The lowest BCUT2D eigenvalue weighted by Crippen LogP contribution is -2.49. The molecule has 0 spiro atoms. The molecular weight excluding hydrogens is 314 g/mol. The molecule has 124 valence electrons. The SMILES string of the molecule is CNC(=O)[C@@H]1C[C@H]2CN(C(=O)Cc3ccsc3)C[C@H]2N1C(C)=O. The quantitative estimate of drug-likeness (QED) is 0.874. The minimum atomic E-state index is -0.401. The maximum Gasteiger partial charge on any atom is 0.242 e. The summed E-state index contributed by atoms with van der Waals surface area (Å²) in [6, 6.07) is 1.52. The van der Waals surface area contributed by atoms with Gasteiger partial charge < -0.3 is 15.1 Å². The van der Waals surface area contributed by atoms with E-state index in [1.165, 1.54) is 6.92 Å². The molecular formula is C16H21N3O3S. The van der Waals surface area contributed by atoms with Crippen LogP contribution in [0, 0.1) is 5.92 Å². The summed E-state index contributed by atoms with van der Waals surface area (Å²) in [4.78, 5) is 39.9. The summed E-state index contributed by atoms with van der Waals surface area (Å²) in [6.45, 7) is 2.65. The summed E-state index contributed by atoms with van der Waals surface area (Å²) >= 11 is 1.58. The molecule has 23 heavy (non-hydrogen) atoms. The van der Waals surface area contributed by atoms with Crippen LogP contribution in [0.5, 0.6) is 0 Å². The number of nitrogens with one attached hydrogen (secondary N) is 1. The highest BCUT2D eigenvalue weighted by Gasteiger charge is 2.50. The molecule has 6 nitrogen and oxygen atoms in total. The van der Waals surface area contributed by atoms with Crippen molar-refractivity contribution < 1.29 is 14.4 Å². The lowest BCUT2D eigenvalue weighted by molar-refractivity contribution is -0.139. The van der Waals surface area contributed by atoms with E-state index in [-0.39, 0.29) is 29.7 Å². The summed E-state index contributed by atoms with van der Waals surface area (Å²) in [5, 5.41) is 6.58. The zero-order chi connectivity index (χ0) is 16.6. The van der Waals surface area contributed by atoms with Gasteiger partial charge in [-0.2, -0.15) is 11.3 Å². The highest BCUT2D eigenvalue weighted by Crippen LogP contribution is 2.36. The van der Waals surface area contributed by atoms with Crippen LogP contribution in [0.1, 0.15) is 18.9 Å². The summed E-state index contributed by atoms with van der Waals surface area (Å²) in [6.07, 6.45) is 1.04. The summed E-state index contributed by atoms with van der Waals surface area (Å²) < 4.78 is 0. The van der Waals surface area contributed by atoms with Crippen LogP contribution in [0.2, 0.25) is 0 Å². The van der Waals surface area contributed by atoms with Crippen molar-refractivity contribution in [3.05, 3.63) is 22.4 Å². The van der Waals surface area contributed by atoms with Crippen molar-refractivity contribution >= 4 is 29.1 Å². The van der Waals surface area contributed by atoms with Gasteiger partial charge in [-0.15, -0.1) is 0 Å². The third-order valence-electron chi connectivity index (χ3n) is 4.83. The summed E-state index contributed by atoms with van der Waals surface area (Å²) in [7, 11) is 1.59. The molecule has 3 heterocycles. The second-order valence-electron chi connectivity index (χ2n) is 6.23. The molecule has 0 saturated carbocycles. The molecule has 7 heteroatoms. The monoisotopic (exact) mass is 335 g/mol. The second-order valence-corrected chi connectivity index (χ2v) is 7.01. The zero-order valence-electron chi connectivity index (χ0n) is 13.3. The molecule has 1 aromatic rings. The van der Waals surface area contributed by atoms with Crippen molar-refractivity contribution in [1.82, 2.24) is 15.1 Å². The van der Waals surface area contributed by atoms with Crippen LogP contribution < -0.4 is 5.32 Å². The number of likely N-dealkylation sites (tertiary alicyclic amines) is 2. The van der Waals surface area contributed by atoms with E-state index in [1.54, 1.807) is 23.3 Å². The minimum Gasteiger partial charge on any atom is -0.357 e. The minimum absolute atomic E-state index is 0.0405. The van der Waals surface area contributed by atoms with Crippen molar-refractivity contribution in [3.63, 3.8) is 0 Å². The molecule has 0 radical (unpaired) electrons. The first-order valence-corrected chi connectivity index (χ1v) is 8.75. The van der Waals surface area contributed by atoms with Crippen LogP contribution in [0.3, 0.4) is 0 Å². The topological polar surface area (TPSA) is 69.7 Å². The molecule has 0 aliphatic carbocycles. The van der Waals surface area contributed by atoms with Crippen LogP contribution in [0.15, 0.2) is 16.8 Å². The highest BCUT2D eigenvalue weighted by molar-refractivity contribution is 7.08. The molecule has 0 bridgehead atoms. The molecule has 1 N–H and O–H groups in total. The first-order valence-electron chi connectivity index (χ1n) is 7.80. The highest BCUT2D eigenvalue weighted by atomic mass is 32.1. The van der Waals surface area contributed by atoms with Gasteiger partial charge in [-0.25, -0.2) is 0 Å². The number of amides is 3. The van der Waals surface area contributed by atoms with Gasteiger partial charge in [-0.3, -0.25) is 14.4 Å². The Morgan fingerprint density at radius 1 is 1.35 bits per heavy atom. The van der Waals surface area contributed by atoms with E-state index in [2.05, 4.69) is 5.32 Å². The van der Waals surface area contributed by atoms with E-state index in [4.69, 9.17) is 0 Å². The van der Waals surface area contributed by atoms with Crippen LogP contribution >= 0.6 is 11.3 Å². The third-order valence-corrected chi connectivity index (χ3v) is 5.56. The number of likely N-dealkylation sites (N-methyl/N-ethyl adjacent to an activating group) is 1. The van der Waals surface area contributed by atoms with E-state index >= 15 is 0 Å². The van der Waals surface area contributed by atoms with Crippen molar-refractivity contribution in [2.75, 3.05) is 20.1 Å². The molecule has 3 rings (SSSR count). The fourth-order valence-corrected chi connectivity index (χ4v) is 4.44. The van der Waals surface area contributed by atoms with E-state index in [9.17, 15) is 14.4 Å². The van der Waals surface area contributed by atoms with Crippen molar-refractivity contribution in [2.24, 2.45) is 5.92 Å². The number of thiophene rings is 1. The van der Waals surface area contributed by atoms with Gasteiger partial charge in [0.2, 0.25) is 17.7 Å². The maximum atomic E-state index is 12.4. The van der Waals surface area contributed by atoms with Gasteiger partial charge in [-0.1, -0.05) is 0 Å². The molecule has 2 aliphatic heterocycles. The first kappa shape index (κ1) is 16.0. The van der Waals surface area contributed by atoms with Crippen molar-refractivity contribution in [1.29, 1.82) is 0 Å². The summed E-state index contributed by atoms with van der Waals surface area (Å²) in [5.74, 6) is 0.0643. The fraction of sp³-hybridized carbons (Fsp3) is 0.562. The molecule has 2 fully saturated rings. The Balaban J connectivity index is 1.69. The lowest BCUT2D eigenvalue weighted by atomic mass is 10.0. The van der Waals surface area contributed by atoms with E-state index in [0.717, 1.165) is 5.56 Å². The molecule has 0 aromatic carbocycles. The Labute approximate surface area is 139 Å². The standard InChI is InChI=1S/C16H21N3O3S/c1-10(20)19-13(16(22)17-2)6-12-7-18(8-14(12)19)15(21)5-11-3-4-23-9-11/h3-4,9,12-14H,5-8H2,1-2H3,(H,17,22)/t12-,13-,14+/m0/s1. The van der Waals surface area contributed by atoms with Gasteiger partial charge in [0.25, 0.3) is 0 Å². The normalized spacial score (nSPS) is 26.3. The van der Waals surface area contributed by atoms with E-state index in [1.807, 2.05) is 21.7 Å². The Morgan fingerprint density at radius 2 is 2.13 bits per heavy atom. The number of hydrogen-bond donors (Lipinski definition) is 1. The largest absolute Gasteiger partial charge is 0.357 e. The third kappa shape index (κ3) is 2.97. The van der Waals surface area contributed by atoms with E-state index < -0.39 is 6.04 Å². The smallest absolute Gasteiger partial charge is 0.242 e. The van der Waals surface area contributed by atoms with Crippen LogP contribution in [-0.4, -0.2) is 59.7 Å². The maximum absolute atomic E-state index is 12.4. The molecule has 3 atom stereocenters. The Morgan fingerprint density at radius 3 is 2.74 bits per heavy atom. The average Bonchev–Trinajstić information content (AvgIpc) is 3.20. The number of rotatable bonds is 3. The second kappa shape index (κ2) is 6.31. The molecule has 0 unspecified atom stereocenters. The average molecular weight is 335 g/mol. The zero-order valence-corrected chi connectivity index (χ0v) is 14.1. The van der Waals surface area contributed by atoms with E-state index in [0.29, 0.717) is 25.9 Å². The van der Waals surface area contributed by atoms with Crippen molar-refractivity contribution in [3.8, 4) is 0 Å². The van der Waals surface area contributed by atoms with Gasteiger partial charge in [0, 0.05) is 33.0 Å². The van der Waals surface area contributed by atoms with Gasteiger partial charge in [0.15, 0.2) is 0 Å². The fourth-order valence-electron chi connectivity index (χ4n) is 3.77. The van der Waals surface area contributed by atoms with Gasteiger partial charge in [0.1, 0.15) is 6.04 Å². The van der Waals surface area contributed by atoms with Crippen molar-refractivity contribution in [2.45, 2.75) is 31.8 Å². The number of hydrogen-bond acceptors (Lipinski definition) is 4. The van der Waals surface area contributed by atoms with Crippen LogP contribution in [0.25, 0.3) is 0 Å². The molecule has 3 amide bonds. The predicted octanol–water partition coefficient (Wildman–Crippen LogP) is 0.484. The number of fused-ring (bicyclic) bond motifs is 1. The Kier molecular flexibility index (Phi) is 4.39. The van der Waals surface area contributed by atoms with Gasteiger partial charge in [0.05, 0.1) is 12.5 Å². The predicted molar refractivity (Wildman–Crippen MR) is 86.9 cm³/mol.